The Balaban J connectivity index is 1.51. The first-order valence-corrected chi connectivity index (χ1v) is 7.92. The van der Waals surface area contributed by atoms with E-state index < -0.39 is 0 Å². The number of fused-ring (bicyclic) bond motifs is 1. The van der Waals surface area contributed by atoms with E-state index in [0.717, 1.165) is 56.9 Å². The van der Waals surface area contributed by atoms with Crippen molar-refractivity contribution in [1.82, 2.24) is 9.80 Å². The van der Waals surface area contributed by atoms with Crippen molar-refractivity contribution in [2.75, 3.05) is 46.4 Å². The number of ketones is 1. The van der Waals surface area contributed by atoms with Gasteiger partial charge in [0.05, 0.1) is 0 Å². The molecule has 2 aliphatic rings. The van der Waals surface area contributed by atoms with Crippen molar-refractivity contribution in [2.24, 2.45) is 0 Å². The monoisotopic (exact) mass is 288 g/mol. The molecule has 0 aromatic heterocycles. The van der Waals surface area contributed by atoms with E-state index in [-0.39, 0.29) is 5.78 Å². The molecule has 1 aliphatic heterocycles. The molecule has 1 aromatic rings. The molecule has 0 bridgehead atoms. The summed E-state index contributed by atoms with van der Waals surface area (Å²) in [6.07, 6.45) is 2.68. The van der Waals surface area contributed by atoms with Gasteiger partial charge in [0.1, 0.15) is 12.4 Å². The van der Waals surface area contributed by atoms with Gasteiger partial charge in [-0.05, 0) is 37.6 Å². The number of nitrogens with zero attached hydrogens (tertiary/aromatic N) is 2. The molecule has 114 valence electrons. The SMILES string of the molecule is CN1CCN(CCOc2ccc3c(c2)C(=O)CCC3)CC1. The van der Waals surface area contributed by atoms with Crippen molar-refractivity contribution in [3.05, 3.63) is 29.3 Å². The molecule has 1 aliphatic carbocycles. The molecule has 4 heteroatoms. The van der Waals surface area contributed by atoms with Crippen molar-refractivity contribution in [3.63, 3.8) is 0 Å². The molecule has 0 saturated carbocycles. The number of benzene rings is 1. The average Bonchev–Trinajstić information content (AvgIpc) is 2.50. The maximum absolute atomic E-state index is 11.9. The predicted molar refractivity (Wildman–Crippen MR) is 83.1 cm³/mol. The molecule has 0 radical (unpaired) electrons. The van der Waals surface area contributed by atoms with Gasteiger partial charge < -0.3 is 9.64 Å². The highest BCUT2D eigenvalue weighted by Crippen LogP contribution is 2.25. The fourth-order valence-corrected chi connectivity index (χ4v) is 3.06. The number of hydrogen-bond acceptors (Lipinski definition) is 4. The molecule has 3 rings (SSSR count). The zero-order valence-electron chi connectivity index (χ0n) is 12.8. The second-order valence-electron chi connectivity index (χ2n) is 6.09. The van der Waals surface area contributed by atoms with E-state index in [1.807, 2.05) is 12.1 Å². The maximum atomic E-state index is 11.9. The second kappa shape index (κ2) is 6.58. The standard InChI is InChI=1S/C17H24N2O2/c1-18-7-9-19(10-8-18)11-12-21-15-6-5-14-3-2-4-17(20)16(14)13-15/h5-6,13H,2-4,7-12H2,1H3. The molecule has 1 heterocycles. The highest BCUT2D eigenvalue weighted by atomic mass is 16.5. The van der Waals surface area contributed by atoms with E-state index in [1.165, 1.54) is 5.56 Å². The largest absolute Gasteiger partial charge is 0.492 e. The van der Waals surface area contributed by atoms with Crippen LogP contribution in [0.4, 0.5) is 0 Å². The van der Waals surface area contributed by atoms with Crippen LogP contribution in [0.2, 0.25) is 0 Å². The minimum atomic E-state index is 0.265. The highest BCUT2D eigenvalue weighted by Gasteiger charge is 2.18. The van der Waals surface area contributed by atoms with Crippen LogP contribution in [-0.2, 0) is 6.42 Å². The summed E-state index contributed by atoms with van der Waals surface area (Å²) in [7, 11) is 2.16. The first-order valence-electron chi connectivity index (χ1n) is 7.92. The predicted octanol–water partition coefficient (Wildman–Crippen LogP) is 1.83. The lowest BCUT2D eigenvalue weighted by Crippen LogP contribution is -2.45. The molecule has 1 saturated heterocycles. The lowest BCUT2D eigenvalue weighted by molar-refractivity contribution is 0.0971. The third-order valence-electron chi connectivity index (χ3n) is 4.50. The minimum Gasteiger partial charge on any atom is -0.492 e. The Labute approximate surface area is 126 Å². The molecular weight excluding hydrogens is 264 g/mol. The minimum absolute atomic E-state index is 0.265. The van der Waals surface area contributed by atoms with Crippen LogP contribution in [-0.4, -0.2) is 62.0 Å². The van der Waals surface area contributed by atoms with Gasteiger partial charge in [-0.25, -0.2) is 0 Å². The van der Waals surface area contributed by atoms with E-state index in [4.69, 9.17) is 4.74 Å². The van der Waals surface area contributed by atoms with Crippen molar-refractivity contribution in [3.8, 4) is 5.75 Å². The summed E-state index contributed by atoms with van der Waals surface area (Å²) < 4.78 is 5.84. The zero-order valence-corrected chi connectivity index (χ0v) is 12.8. The second-order valence-corrected chi connectivity index (χ2v) is 6.09. The van der Waals surface area contributed by atoms with Gasteiger partial charge in [-0.2, -0.15) is 0 Å². The van der Waals surface area contributed by atoms with E-state index in [0.29, 0.717) is 13.0 Å². The molecule has 0 spiro atoms. The van der Waals surface area contributed by atoms with E-state index in [1.54, 1.807) is 0 Å². The van der Waals surface area contributed by atoms with Crippen molar-refractivity contribution in [1.29, 1.82) is 0 Å². The number of Topliss-reactive ketones (excluding diaryl/α,β-unsaturated/α-hetero) is 1. The van der Waals surface area contributed by atoms with Crippen LogP contribution in [0.3, 0.4) is 0 Å². The highest BCUT2D eigenvalue weighted by molar-refractivity contribution is 5.98. The molecule has 0 N–H and O–H groups in total. The Kier molecular flexibility index (Phi) is 4.56. The summed E-state index contributed by atoms with van der Waals surface area (Å²) in [5.74, 6) is 1.10. The first kappa shape index (κ1) is 14.5. The Morgan fingerprint density at radius 3 is 2.76 bits per heavy atom. The molecule has 0 amide bonds. The number of likely N-dealkylation sites (N-methyl/N-ethyl adjacent to an activating group) is 1. The van der Waals surface area contributed by atoms with Crippen molar-refractivity contribution < 1.29 is 9.53 Å². The Morgan fingerprint density at radius 1 is 1.14 bits per heavy atom. The Hall–Kier alpha value is -1.39. The quantitative estimate of drug-likeness (QED) is 0.846. The molecule has 21 heavy (non-hydrogen) atoms. The Morgan fingerprint density at radius 2 is 1.95 bits per heavy atom. The van der Waals surface area contributed by atoms with E-state index in [9.17, 15) is 4.79 Å². The summed E-state index contributed by atoms with van der Waals surface area (Å²) in [6.45, 7) is 6.14. The number of hydrogen-bond donors (Lipinski definition) is 0. The molecule has 0 atom stereocenters. The van der Waals surface area contributed by atoms with Crippen molar-refractivity contribution >= 4 is 5.78 Å². The lowest BCUT2D eigenvalue weighted by Gasteiger charge is -2.32. The van der Waals surface area contributed by atoms with Gasteiger partial charge >= 0.3 is 0 Å². The topological polar surface area (TPSA) is 32.8 Å². The van der Waals surface area contributed by atoms with Crippen LogP contribution in [0.25, 0.3) is 0 Å². The number of aryl methyl sites for hydroxylation is 1. The van der Waals surface area contributed by atoms with Crippen molar-refractivity contribution in [2.45, 2.75) is 19.3 Å². The third kappa shape index (κ3) is 3.63. The van der Waals surface area contributed by atoms with Crippen LogP contribution in [0, 0.1) is 0 Å². The molecular formula is C17H24N2O2. The van der Waals surface area contributed by atoms with E-state index in [2.05, 4.69) is 22.9 Å². The van der Waals surface area contributed by atoms with Gasteiger partial charge in [0.15, 0.2) is 5.78 Å². The molecule has 0 unspecified atom stereocenters. The Bertz CT molecular complexity index is 508. The van der Waals surface area contributed by atoms with Crippen LogP contribution in [0.1, 0.15) is 28.8 Å². The fraction of sp³-hybridized carbons (Fsp3) is 0.588. The van der Waals surface area contributed by atoms with Gasteiger partial charge in [-0.3, -0.25) is 9.69 Å². The van der Waals surface area contributed by atoms with Gasteiger partial charge in [0.25, 0.3) is 0 Å². The zero-order chi connectivity index (χ0) is 14.7. The van der Waals surface area contributed by atoms with Gasteiger partial charge in [-0.1, -0.05) is 6.07 Å². The molecule has 1 aromatic carbocycles. The summed E-state index contributed by atoms with van der Waals surface area (Å²) in [5.41, 5.74) is 2.05. The normalized spacial score (nSPS) is 20.3. The third-order valence-corrected chi connectivity index (χ3v) is 4.50. The number of carbonyl (C=O) groups excluding carboxylic acids is 1. The summed E-state index contributed by atoms with van der Waals surface area (Å²) >= 11 is 0. The molecule has 1 fully saturated rings. The first-order chi connectivity index (χ1) is 10.2. The summed E-state index contributed by atoms with van der Waals surface area (Å²) in [5, 5.41) is 0. The smallest absolute Gasteiger partial charge is 0.163 e. The van der Waals surface area contributed by atoms with Gasteiger partial charge in [-0.15, -0.1) is 0 Å². The van der Waals surface area contributed by atoms with Gasteiger partial charge in [0, 0.05) is 44.7 Å². The number of carbonyl (C=O) groups is 1. The fourth-order valence-electron chi connectivity index (χ4n) is 3.06. The maximum Gasteiger partial charge on any atom is 0.163 e. The number of ether oxygens (including phenoxy) is 1. The number of piperazine rings is 1. The number of rotatable bonds is 4. The van der Waals surface area contributed by atoms with Crippen LogP contribution >= 0.6 is 0 Å². The lowest BCUT2D eigenvalue weighted by atomic mass is 9.90. The van der Waals surface area contributed by atoms with Crippen LogP contribution in [0.5, 0.6) is 5.75 Å². The average molecular weight is 288 g/mol. The van der Waals surface area contributed by atoms with Crippen LogP contribution in [0.15, 0.2) is 18.2 Å². The van der Waals surface area contributed by atoms with Gasteiger partial charge in [0.2, 0.25) is 0 Å². The summed E-state index contributed by atoms with van der Waals surface area (Å²) in [6, 6.07) is 5.99. The molecule has 4 nitrogen and oxygen atoms in total. The van der Waals surface area contributed by atoms with Crippen LogP contribution < -0.4 is 4.74 Å². The summed E-state index contributed by atoms with van der Waals surface area (Å²) in [4.78, 5) is 16.7. The van der Waals surface area contributed by atoms with E-state index >= 15 is 0 Å².